The molecule has 6 N–H and O–H groups in total. The number of amides is 2. The molecule has 0 aromatic carbocycles. The SMILES string of the molecule is NC(=O)c1nsc(C(N)=O)c1N. The van der Waals surface area contributed by atoms with Crippen LogP contribution in [0.3, 0.4) is 0 Å². The van der Waals surface area contributed by atoms with Crippen LogP contribution in [0.1, 0.15) is 20.2 Å². The van der Waals surface area contributed by atoms with Crippen LogP contribution in [0.25, 0.3) is 0 Å². The summed E-state index contributed by atoms with van der Waals surface area (Å²) in [5.74, 6) is -1.48. The van der Waals surface area contributed by atoms with Crippen molar-refractivity contribution in [2.45, 2.75) is 0 Å². The normalized spacial score (nSPS) is 9.67. The van der Waals surface area contributed by atoms with E-state index in [4.69, 9.17) is 17.2 Å². The first-order chi connectivity index (χ1) is 5.54. The first kappa shape index (κ1) is 8.47. The summed E-state index contributed by atoms with van der Waals surface area (Å²) in [5, 5.41) is 0. The van der Waals surface area contributed by atoms with Gasteiger partial charge in [-0.2, -0.15) is 4.37 Å². The van der Waals surface area contributed by atoms with Gasteiger partial charge in [0.25, 0.3) is 11.8 Å². The van der Waals surface area contributed by atoms with Crippen molar-refractivity contribution in [3.8, 4) is 0 Å². The van der Waals surface area contributed by atoms with Crippen LogP contribution in [0.5, 0.6) is 0 Å². The Kier molecular flexibility index (Phi) is 1.96. The van der Waals surface area contributed by atoms with Crippen molar-refractivity contribution in [3.05, 3.63) is 10.6 Å². The molecule has 0 saturated heterocycles. The second kappa shape index (κ2) is 2.78. The second-order valence-corrected chi connectivity index (χ2v) is 2.78. The molecule has 1 heterocycles. The van der Waals surface area contributed by atoms with E-state index in [9.17, 15) is 9.59 Å². The zero-order valence-corrected chi connectivity index (χ0v) is 6.72. The summed E-state index contributed by atoms with van der Waals surface area (Å²) >= 11 is 0.762. The van der Waals surface area contributed by atoms with Crippen molar-refractivity contribution in [1.29, 1.82) is 0 Å². The molecule has 6 nitrogen and oxygen atoms in total. The third kappa shape index (κ3) is 1.21. The van der Waals surface area contributed by atoms with Crippen LogP contribution in [-0.2, 0) is 0 Å². The fraction of sp³-hybridized carbons (Fsp3) is 0. The fourth-order valence-electron chi connectivity index (χ4n) is 0.653. The smallest absolute Gasteiger partial charge is 0.270 e. The zero-order chi connectivity index (χ0) is 9.30. The van der Waals surface area contributed by atoms with Crippen molar-refractivity contribution >= 4 is 29.0 Å². The summed E-state index contributed by atoms with van der Waals surface area (Å²) in [5.41, 5.74) is 15.0. The molecule has 1 aromatic rings. The number of carbonyl (C=O) groups excluding carboxylic acids is 2. The van der Waals surface area contributed by atoms with Crippen molar-refractivity contribution in [2.75, 3.05) is 5.73 Å². The summed E-state index contributed by atoms with van der Waals surface area (Å²) in [6.45, 7) is 0. The Bertz CT molecular complexity index is 314. The van der Waals surface area contributed by atoms with Crippen LogP contribution in [-0.4, -0.2) is 16.2 Å². The molecule has 0 spiro atoms. The van der Waals surface area contributed by atoms with Crippen molar-refractivity contribution in [2.24, 2.45) is 11.5 Å². The Labute approximate surface area is 71.5 Å². The maximum absolute atomic E-state index is 10.6. The average Bonchev–Trinajstić information content (AvgIpc) is 2.30. The lowest BCUT2D eigenvalue weighted by Crippen LogP contribution is -2.15. The van der Waals surface area contributed by atoms with Gasteiger partial charge < -0.3 is 17.2 Å². The fourth-order valence-corrected chi connectivity index (χ4v) is 1.31. The molecular formula is C5H6N4O2S. The quantitative estimate of drug-likeness (QED) is 0.543. The van der Waals surface area contributed by atoms with E-state index in [-0.39, 0.29) is 16.3 Å². The molecule has 12 heavy (non-hydrogen) atoms. The van der Waals surface area contributed by atoms with Crippen LogP contribution in [0.15, 0.2) is 0 Å². The third-order valence-electron chi connectivity index (χ3n) is 1.19. The molecule has 0 unspecified atom stereocenters. The van der Waals surface area contributed by atoms with Crippen LogP contribution < -0.4 is 17.2 Å². The Hall–Kier alpha value is -1.63. The van der Waals surface area contributed by atoms with E-state index < -0.39 is 11.8 Å². The minimum atomic E-state index is -0.767. The summed E-state index contributed by atoms with van der Waals surface area (Å²) in [6.07, 6.45) is 0. The number of rotatable bonds is 2. The molecule has 0 aliphatic heterocycles. The Morgan fingerprint density at radius 1 is 1.25 bits per heavy atom. The molecule has 64 valence electrons. The maximum atomic E-state index is 10.6. The number of nitrogen functional groups attached to an aromatic ring is 1. The minimum absolute atomic E-state index is 0.0417. The first-order valence-electron chi connectivity index (χ1n) is 2.88. The monoisotopic (exact) mass is 186 g/mol. The topological polar surface area (TPSA) is 125 Å². The lowest BCUT2D eigenvalue weighted by atomic mass is 10.3. The van der Waals surface area contributed by atoms with Crippen molar-refractivity contribution < 1.29 is 9.59 Å². The molecule has 7 heteroatoms. The molecule has 0 atom stereocenters. The number of nitrogens with two attached hydrogens (primary N) is 3. The predicted molar refractivity (Wildman–Crippen MR) is 43.6 cm³/mol. The highest BCUT2D eigenvalue weighted by atomic mass is 32.1. The van der Waals surface area contributed by atoms with E-state index in [0.717, 1.165) is 11.5 Å². The molecule has 2 amide bonds. The van der Waals surface area contributed by atoms with Gasteiger partial charge in [-0.25, -0.2) is 0 Å². The lowest BCUT2D eigenvalue weighted by Gasteiger charge is -1.91. The number of nitrogens with zero attached hydrogens (tertiary/aromatic N) is 1. The molecular weight excluding hydrogens is 180 g/mol. The molecule has 0 aliphatic rings. The minimum Gasteiger partial charge on any atom is -0.395 e. The summed E-state index contributed by atoms with van der Waals surface area (Å²) in [7, 11) is 0. The molecule has 1 aromatic heterocycles. The van der Waals surface area contributed by atoms with Crippen LogP contribution >= 0.6 is 11.5 Å². The molecule has 1 rings (SSSR count). The van der Waals surface area contributed by atoms with Crippen molar-refractivity contribution in [3.63, 3.8) is 0 Å². The van der Waals surface area contributed by atoms with Gasteiger partial charge in [0.15, 0.2) is 5.69 Å². The van der Waals surface area contributed by atoms with Gasteiger partial charge >= 0.3 is 0 Å². The number of aromatic nitrogens is 1. The van der Waals surface area contributed by atoms with Gasteiger partial charge in [-0.15, -0.1) is 0 Å². The highest BCUT2D eigenvalue weighted by Gasteiger charge is 2.17. The Morgan fingerprint density at radius 2 is 1.83 bits per heavy atom. The number of anilines is 1. The van der Waals surface area contributed by atoms with Crippen LogP contribution in [0.4, 0.5) is 5.69 Å². The summed E-state index contributed by atoms with van der Waals surface area (Å²) in [6, 6.07) is 0. The highest BCUT2D eigenvalue weighted by molar-refractivity contribution is 7.09. The van der Waals surface area contributed by atoms with Crippen LogP contribution in [0, 0.1) is 0 Å². The lowest BCUT2D eigenvalue weighted by molar-refractivity contribution is 0.0995. The van der Waals surface area contributed by atoms with Gasteiger partial charge in [0.05, 0.1) is 5.69 Å². The van der Waals surface area contributed by atoms with E-state index >= 15 is 0 Å². The molecule has 0 bridgehead atoms. The van der Waals surface area contributed by atoms with E-state index in [1.165, 1.54) is 0 Å². The van der Waals surface area contributed by atoms with E-state index in [1.807, 2.05) is 0 Å². The van der Waals surface area contributed by atoms with Gasteiger partial charge in [-0.05, 0) is 11.5 Å². The van der Waals surface area contributed by atoms with E-state index in [1.54, 1.807) is 0 Å². The standard InChI is InChI=1S/C5H6N4O2S/c6-1-2(4(7)10)9-12-3(1)5(8)11/h6H2,(H2,7,10)(H2,8,11). The average molecular weight is 186 g/mol. The molecule has 0 radical (unpaired) electrons. The second-order valence-electron chi connectivity index (χ2n) is 2.00. The highest BCUT2D eigenvalue weighted by Crippen LogP contribution is 2.19. The maximum Gasteiger partial charge on any atom is 0.270 e. The van der Waals surface area contributed by atoms with Gasteiger partial charge in [0.2, 0.25) is 0 Å². The molecule has 0 saturated carbocycles. The zero-order valence-electron chi connectivity index (χ0n) is 5.90. The Morgan fingerprint density at radius 3 is 2.08 bits per heavy atom. The largest absolute Gasteiger partial charge is 0.395 e. The molecule has 0 fully saturated rings. The van der Waals surface area contributed by atoms with E-state index in [2.05, 4.69) is 4.37 Å². The van der Waals surface area contributed by atoms with Gasteiger partial charge in [-0.1, -0.05) is 0 Å². The summed E-state index contributed by atoms with van der Waals surface area (Å²) < 4.78 is 3.58. The third-order valence-corrected chi connectivity index (χ3v) is 2.06. The number of hydrogen-bond donors (Lipinski definition) is 3. The Balaban J connectivity index is 3.22. The first-order valence-corrected chi connectivity index (χ1v) is 3.66. The number of hydrogen-bond acceptors (Lipinski definition) is 5. The number of carbonyl (C=O) groups is 2. The predicted octanol–water partition coefficient (Wildman–Crippen LogP) is -1.08. The number of primary amides is 2. The summed E-state index contributed by atoms with van der Waals surface area (Å²) in [4.78, 5) is 21.3. The molecule has 0 aliphatic carbocycles. The van der Waals surface area contributed by atoms with Crippen LogP contribution in [0.2, 0.25) is 0 Å². The van der Waals surface area contributed by atoms with Gasteiger partial charge in [0.1, 0.15) is 4.88 Å². The van der Waals surface area contributed by atoms with Gasteiger partial charge in [0, 0.05) is 0 Å². The van der Waals surface area contributed by atoms with Crippen molar-refractivity contribution in [1.82, 2.24) is 4.37 Å². The van der Waals surface area contributed by atoms with E-state index in [0.29, 0.717) is 0 Å². The van der Waals surface area contributed by atoms with Gasteiger partial charge in [-0.3, -0.25) is 9.59 Å².